The Bertz CT molecular complexity index is 711. The Morgan fingerprint density at radius 2 is 1.83 bits per heavy atom. The molecule has 3 rings (SSSR count). The average molecular weight is 310 g/mol. The van der Waals surface area contributed by atoms with Gasteiger partial charge < -0.3 is 4.84 Å². The molecule has 0 spiro atoms. The molecule has 1 unspecified atom stereocenters. The summed E-state index contributed by atoms with van der Waals surface area (Å²) < 4.78 is 0. The SMILES string of the molecule is Cc1ccc(C2=NOC(C)C(=O)N2OCc2ccccc2)cc1. The molecule has 0 bridgehead atoms. The monoisotopic (exact) mass is 310 g/mol. The van der Waals surface area contributed by atoms with Gasteiger partial charge in [-0.2, -0.15) is 5.06 Å². The molecule has 0 saturated heterocycles. The molecule has 0 fully saturated rings. The minimum absolute atomic E-state index is 0.272. The highest BCUT2D eigenvalue weighted by molar-refractivity contribution is 6.08. The predicted octanol–water partition coefficient (Wildman–Crippen LogP) is 3.04. The van der Waals surface area contributed by atoms with Crippen molar-refractivity contribution in [1.29, 1.82) is 0 Å². The fourth-order valence-electron chi connectivity index (χ4n) is 2.19. The molecular weight excluding hydrogens is 292 g/mol. The molecule has 0 aromatic heterocycles. The molecule has 0 aliphatic carbocycles. The smallest absolute Gasteiger partial charge is 0.296 e. The fraction of sp³-hybridized carbons (Fsp3) is 0.222. The summed E-state index contributed by atoms with van der Waals surface area (Å²) in [6.07, 6.45) is -0.667. The maximum absolute atomic E-state index is 12.4. The quantitative estimate of drug-likeness (QED) is 0.872. The number of aryl methyl sites for hydroxylation is 1. The summed E-state index contributed by atoms with van der Waals surface area (Å²) in [4.78, 5) is 23.3. The van der Waals surface area contributed by atoms with Crippen molar-refractivity contribution in [3.8, 4) is 0 Å². The van der Waals surface area contributed by atoms with Crippen LogP contribution in [-0.4, -0.2) is 22.9 Å². The number of carbonyl (C=O) groups is 1. The van der Waals surface area contributed by atoms with Gasteiger partial charge in [0.05, 0.1) is 0 Å². The summed E-state index contributed by atoms with van der Waals surface area (Å²) in [6.45, 7) is 3.93. The third-order valence-electron chi connectivity index (χ3n) is 3.55. The van der Waals surface area contributed by atoms with E-state index in [1.54, 1.807) is 6.92 Å². The van der Waals surface area contributed by atoms with Crippen molar-refractivity contribution in [2.24, 2.45) is 5.16 Å². The molecule has 1 amide bonds. The Kier molecular flexibility index (Phi) is 4.39. The molecule has 5 heteroatoms. The second-order valence-electron chi connectivity index (χ2n) is 5.42. The normalized spacial score (nSPS) is 17.7. The number of benzene rings is 2. The molecule has 2 aromatic rings. The standard InChI is InChI=1S/C18H18N2O3/c1-13-8-10-16(11-9-13)17-19-23-14(2)18(21)20(17)22-12-15-6-4-3-5-7-15/h3-11,14H,12H2,1-2H3. The Morgan fingerprint density at radius 1 is 1.13 bits per heavy atom. The second kappa shape index (κ2) is 6.62. The van der Waals surface area contributed by atoms with Gasteiger partial charge in [-0.25, -0.2) is 0 Å². The van der Waals surface area contributed by atoms with Gasteiger partial charge in [0.2, 0.25) is 11.9 Å². The van der Waals surface area contributed by atoms with Crippen LogP contribution in [0.2, 0.25) is 0 Å². The van der Waals surface area contributed by atoms with Crippen molar-refractivity contribution in [1.82, 2.24) is 5.06 Å². The highest BCUT2D eigenvalue weighted by Gasteiger charge is 2.33. The van der Waals surface area contributed by atoms with Gasteiger partial charge in [0, 0.05) is 5.56 Å². The van der Waals surface area contributed by atoms with E-state index >= 15 is 0 Å². The van der Waals surface area contributed by atoms with E-state index < -0.39 is 6.10 Å². The largest absolute Gasteiger partial charge is 0.381 e. The van der Waals surface area contributed by atoms with Crippen LogP contribution in [0.3, 0.4) is 0 Å². The molecule has 118 valence electrons. The lowest BCUT2D eigenvalue weighted by Gasteiger charge is -2.28. The Balaban J connectivity index is 1.83. The van der Waals surface area contributed by atoms with E-state index in [-0.39, 0.29) is 12.5 Å². The zero-order chi connectivity index (χ0) is 16.2. The zero-order valence-electron chi connectivity index (χ0n) is 13.1. The molecule has 23 heavy (non-hydrogen) atoms. The Morgan fingerprint density at radius 3 is 2.52 bits per heavy atom. The van der Waals surface area contributed by atoms with Crippen LogP contribution in [0.4, 0.5) is 0 Å². The van der Waals surface area contributed by atoms with E-state index in [1.807, 2.05) is 61.5 Å². The number of amidine groups is 1. The van der Waals surface area contributed by atoms with Gasteiger partial charge in [-0.1, -0.05) is 65.3 Å². The average Bonchev–Trinajstić information content (AvgIpc) is 2.58. The first kappa shape index (κ1) is 15.2. The van der Waals surface area contributed by atoms with Crippen molar-refractivity contribution < 1.29 is 14.5 Å². The van der Waals surface area contributed by atoms with Gasteiger partial charge in [-0.15, -0.1) is 0 Å². The number of hydrogen-bond donors (Lipinski definition) is 0. The maximum Gasteiger partial charge on any atom is 0.296 e. The van der Waals surface area contributed by atoms with Crippen molar-refractivity contribution in [2.75, 3.05) is 0 Å². The lowest BCUT2D eigenvalue weighted by atomic mass is 10.1. The summed E-state index contributed by atoms with van der Waals surface area (Å²) in [7, 11) is 0. The number of rotatable bonds is 4. The first-order chi connectivity index (χ1) is 11.1. The molecule has 2 aromatic carbocycles. The van der Waals surface area contributed by atoms with Crippen molar-refractivity contribution in [2.45, 2.75) is 26.6 Å². The first-order valence-electron chi connectivity index (χ1n) is 7.47. The third-order valence-corrected chi connectivity index (χ3v) is 3.55. The summed E-state index contributed by atoms with van der Waals surface area (Å²) >= 11 is 0. The van der Waals surface area contributed by atoms with E-state index in [0.717, 1.165) is 16.7 Å². The molecule has 0 radical (unpaired) electrons. The van der Waals surface area contributed by atoms with Crippen LogP contribution in [0.5, 0.6) is 0 Å². The van der Waals surface area contributed by atoms with Crippen LogP contribution in [0.25, 0.3) is 0 Å². The van der Waals surface area contributed by atoms with Crippen LogP contribution in [0.15, 0.2) is 59.8 Å². The summed E-state index contributed by atoms with van der Waals surface area (Å²) in [6, 6.07) is 17.4. The fourth-order valence-corrected chi connectivity index (χ4v) is 2.19. The van der Waals surface area contributed by atoms with E-state index in [9.17, 15) is 4.79 Å². The minimum Gasteiger partial charge on any atom is -0.381 e. The maximum atomic E-state index is 12.4. The van der Waals surface area contributed by atoms with Gasteiger partial charge >= 0.3 is 0 Å². The number of hydroxylamine groups is 2. The lowest BCUT2D eigenvalue weighted by Crippen LogP contribution is -2.46. The number of carbonyl (C=O) groups excluding carboxylic acids is 1. The molecule has 0 saturated carbocycles. The third kappa shape index (κ3) is 3.40. The number of oxime groups is 1. The second-order valence-corrected chi connectivity index (χ2v) is 5.42. The molecule has 1 heterocycles. The Hall–Kier alpha value is -2.66. The molecule has 0 N–H and O–H groups in total. The van der Waals surface area contributed by atoms with Crippen LogP contribution in [0, 0.1) is 6.92 Å². The Labute approximate surface area is 135 Å². The highest BCUT2D eigenvalue weighted by Crippen LogP contribution is 2.17. The van der Waals surface area contributed by atoms with Gasteiger partial charge in [0.1, 0.15) is 6.61 Å². The summed E-state index contributed by atoms with van der Waals surface area (Å²) in [5.74, 6) is 0.0931. The summed E-state index contributed by atoms with van der Waals surface area (Å²) in [5, 5.41) is 5.28. The minimum atomic E-state index is -0.667. The van der Waals surface area contributed by atoms with Crippen LogP contribution >= 0.6 is 0 Å². The van der Waals surface area contributed by atoms with E-state index in [4.69, 9.17) is 9.68 Å². The predicted molar refractivity (Wildman–Crippen MR) is 86.3 cm³/mol. The summed E-state index contributed by atoms with van der Waals surface area (Å²) in [5.41, 5.74) is 2.87. The van der Waals surface area contributed by atoms with Crippen molar-refractivity contribution >= 4 is 11.7 Å². The van der Waals surface area contributed by atoms with Crippen LogP contribution < -0.4 is 0 Å². The van der Waals surface area contributed by atoms with Crippen molar-refractivity contribution in [3.05, 3.63) is 71.3 Å². The van der Waals surface area contributed by atoms with E-state index in [2.05, 4.69) is 5.16 Å². The zero-order valence-corrected chi connectivity index (χ0v) is 13.1. The van der Waals surface area contributed by atoms with Crippen molar-refractivity contribution in [3.63, 3.8) is 0 Å². The topological polar surface area (TPSA) is 51.1 Å². The highest BCUT2D eigenvalue weighted by atomic mass is 16.7. The van der Waals surface area contributed by atoms with Gasteiger partial charge in [0.15, 0.2) is 0 Å². The number of nitrogens with zero attached hydrogens (tertiary/aromatic N) is 2. The van der Waals surface area contributed by atoms with Gasteiger partial charge in [-0.05, 0) is 19.4 Å². The molecule has 1 aliphatic heterocycles. The lowest BCUT2D eigenvalue weighted by molar-refractivity contribution is -0.184. The van der Waals surface area contributed by atoms with Gasteiger partial charge in [-0.3, -0.25) is 9.63 Å². The molecule has 1 atom stereocenters. The number of hydrogen-bond acceptors (Lipinski definition) is 4. The van der Waals surface area contributed by atoms with E-state index in [0.29, 0.717) is 5.84 Å². The molecule has 5 nitrogen and oxygen atoms in total. The van der Waals surface area contributed by atoms with Gasteiger partial charge in [0.25, 0.3) is 5.91 Å². The van der Waals surface area contributed by atoms with Crippen LogP contribution in [0.1, 0.15) is 23.6 Å². The van der Waals surface area contributed by atoms with E-state index in [1.165, 1.54) is 5.06 Å². The molecule has 1 aliphatic rings. The first-order valence-corrected chi connectivity index (χ1v) is 7.47. The molecular formula is C18H18N2O3. The van der Waals surface area contributed by atoms with Crippen LogP contribution in [-0.2, 0) is 21.1 Å². The number of amides is 1.